The summed E-state index contributed by atoms with van der Waals surface area (Å²) in [4.78, 5) is 13.6. The summed E-state index contributed by atoms with van der Waals surface area (Å²) in [5, 5.41) is 2.98. The van der Waals surface area contributed by atoms with Crippen LogP contribution >= 0.6 is 0 Å². The van der Waals surface area contributed by atoms with Crippen LogP contribution in [-0.2, 0) is 11.2 Å². The van der Waals surface area contributed by atoms with E-state index in [0.29, 0.717) is 13.2 Å². The van der Waals surface area contributed by atoms with Crippen LogP contribution in [0.25, 0.3) is 0 Å². The molecule has 0 unspecified atom stereocenters. The number of amides is 1. The molecule has 5 heteroatoms. The van der Waals surface area contributed by atoms with Crippen molar-refractivity contribution in [3.63, 3.8) is 0 Å². The number of methoxy groups -OCH3 is 1. The third-order valence-corrected chi connectivity index (χ3v) is 3.01. The van der Waals surface area contributed by atoms with Gasteiger partial charge in [-0.1, -0.05) is 6.07 Å². The van der Waals surface area contributed by atoms with Crippen molar-refractivity contribution in [1.29, 1.82) is 0 Å². The number of nitrogens with one attached hydrogen (secondary N) is 1. The molecule has 0 fully saturated rings. The van der Waals surface area contributed by atoms with Crippen molar-refractivity contribution in [2.45, 2.75) is 12.5 Å². The van der Waals surface area contributed by atoms with Crippen LogP contribution in [0.5, 0.6) is 11.5 Å². The molecular formula is C14H20N2O3. The molecule has 0 radical (unpaired) electrons. The van der Waals surface area contributed by atoms with Gasteiger partial charge in [-0.3, -0.25) is 4.79 Å². The number of hydrogen-bond donors (Lipinski definition) is 1. The molecule has 0 saturated heterocycles. The summed E-state index contributed by atoms with van der Waals surface area (Å²) in [6, 6.07) is 5.81. The Morgan fingerprint density at radius 2 is 2.32 bits per heavy atom. The molecule has 5 nitrogen and oxygen atoms in total. The number of ether oxygens (including phenoxy) is 2. The topological polar surface area (TPSA) is 50.8 Å². The molecule has 2 rings (SSSR count). The summed E-state index contributed by atoms with van der Waals surface area (Å²) < 4.78 is 10.8. The number of benzene rings is 1. The Morgan fingerprint density at radius 1 is 1.53 bits per heavy atom. The minimum Gasteiger partial charge on any atom is -0.497 e. The van der Waals surface area contributed by atoms with Crippen molar-refractivity contribution in [2.24, 2.45) is 0 Å². The molecule has 1 aliphatic rings. The smallest absolute Gasteiger partial charge is 0.234 e. The van der Waals surface area contributed by atoms with Crippen LogP contribution in [0.15, 0.2) is 18.2 Å². The molecule has 1 heterocycles. The van der Waals surface area contributed by atoms with Crippen molar-refractivity contribution in [3.05, 3.63) is 23.8 Å². The van der Waals surface area contributed by atoms with E-state index in [1.165, 1.54) is 0 Å². The van der Waals surface area contributed by atoms with Gasteiger partial charge < -0.3 is 19.7 Å². The fraction of sp³-hybridized carbons (Fsp3) is 0.500. The van der Waals surface area contributed by atoms with Crippen molar-refractivity contribution in [2.75, 3.05) is 34.4 Å². The number of likely N-dealkylation sites (N-methyl/N-ethyl adjacent to an activating group) is 1. The maximum absolute atomic E-state index is 11.7. The standard InChI is InChI=1S/C14H20N2O3/c1-16(2)8-14(17)15-11-6-10-4-5-12(18-3)7-13(10)19-9-11/h4-5,7,11H,6,8-9H2,1-3H3,(H,15,17)/t11-/m1/s1. The molecule has 1 amide bonds. The van der Waals surface area contributed by atoms with Crippen LogP contribution in [0, 0.1) is 0 Å². The quantitative estimate of drug-likeness (QED) is 0.868. The second-order valence-electron chi connectivity index (χ2n) is 4.99. The molecule has 1 N–H and O–H groups in total. The van der Waals surface area contributed by atoms with E-state index in [9.17, 15) is 4.79 Å². The van der Waals surface area contributed by atoms with Gasteiger partial charge in [-0.15, -0.1) is 0 Å². The lowest BCUT2D eigenvalue weighted by molar-refractivity contribution is -0.122. The van der Waals surface area contributed by atoms with Gasteiger partial charge in [0.25, 0.3) is 0 Å². The lowest BCUT2D eigenvalue weighted by Gasteiger charge is -2.26. The Labute approximate surface area is 113 Å². The summed E-state index contributed by atoms with van der Waals surface area (Å²) >= 11 is 0. The number of carbonyl (C=O) groups excluding carboxylic acids is 1. The highest BCUT2D eigenvalue weighted by Crippen LogP contribution is 2.28. The normalized spacial score (nSPS) is 17.6. The number of hydrogen-bond acceptors (Lipinski definition) is 4. The number of rotatable bonds is 4. The highest BCUT2D eigenvalue weighted by Gasteiger charge is 2.21. The highest BCUT2D eigenvalue weighted by molar-refractivity contribution is 5.78. The molecule has 1 aromatic carbocycles. The molecule has 0 saturated carbocycles. The minimum atomic E-state index is 0.0237. The predicted octanol–water partition coefficient (Wildman–Crippen LogP) is 0.676. The SMILES string of the molecule is COc1ccc2c(c1)OC[C@H](NC(=O)CN(C)C)C2. The predicted molar refractivity (Wildman–Crippen MR) is 72.7 cm³/mol. The molecule has 1 atom stereocenters. The van der Waals surface area contributed by atoms with E-state index in [-0.39, 0.29) is 11.9 Å². The summed E-state index contributed by atoms with van der Waals surface area (Å²) in [5.41, 5.74) is 1.10. The number of carbonyl (C=O) groups is 1. The van der Waals surface area contributed by atoms with Gasteiger partial charge in [0, 0.05) is 6.07 Å². The summed E-state index contributed by atoms with van der Waals surface area (Å²) in [5.74, 6) is 1.65. The molecule has 0 aromatic heterocycles. The van der Waals surface area contributed by atoms with Gasteiger partial charge in [0.15, 0.2) is 0 Å². The lowest BCUT2D eigenvalue weighted by Crippen LogP contribution is -2.45. The van der Waals surface area contributed by atoms with Gasteiger partial charge in [0.1, 0.15) is 18.1 Å². The summed E-state index contributed by atoms with van der Waals surface area (Å²) in [7, 11) is 5.38. The zero-order valence-corrected chi connectivity index (χ0v) is 11.6. The van der Waals surface area contributed by atoms with Crippen LogP contribution in [0.3, 0.4) is 0 Å². The van der Waals surface area contributed by atoms with E-state index in [1.54, 1.807) is 7.11 Å². The van der Waals surface area contributed by atoms with Crippen molar-refractivity contribution < 1.29 is 14.3 Å². The molecular weight excluding hydrogens is 244 g/mol. The van der Waals surface area contributed by atoms with Gasteiger partial charge >= 0.3 is 0 Å². The van der Waals surface area contributed by atoms with E-state index in [2.05, 4.69) is 5.32 Å². The second-order valence-corrected chi connectivity index (χ2v) is 4.99. The second kappa shape index (κ2) is 5.93. The summed E-state index contributed by atoms with van der Waals surface area (Å²) in [6.45, 7) is 0.894. The monoisotopic (exact) mass is 264 g/mol. The molecule has 104 valence electrons. The Bertz CT molecular complexity index is 460. The van der Waals surface area contributed by atoms with Gasteiger partial charge in [0.05, 0.1) is 19.7 Å². The fourth-order valence-electron chi connectivity index (χ4n) is 2.13. The molecule has 0 bridgehead atoms. The van der Waals surface area contributed by atoms with E-state index < -0.39 is 0 Å². The molecule has 0 spiro atoms. The Kier molecular flexibility index (Phi) is 4.27. The van der Waals surface area contributed by atoms with Gasteiger partial charge in [-0.2, -0.15) is 0 Å². The Morgan fingerprint density at radius 3 is 3.00 bits per heavy atom. The van der Waals surface area contributed by atoms with Crippen molar-refractivity contribution >= 4 is 5.91 Å². The van der Waals surface area contributed by atoms with Crippen LogP contribution in [0.2, 0.25) is 0 Å². The van der Waals surface area contributed by atoms with Gasteiger partial charge in [0.2, 0.25) is 5.91 Å². The Balaban J connectivity index is 1.96. The molecule has 19 heavy (non-hydrogen) atoms. The van der Waals surface area contributed by atoms with Crippen LogP contribution in [0.4, 0.5) is 0 Å². The third-order valence-electron chi connectivity index (χ3n) is 3.01. The fourth-order valence-corrected chi connectivity index (χ4v) is 2.13. The largest absolute Gasteiger partial charge is 0.497 e. The van der Waals surface area contributed by atoms with Crippen LogP contribution in [0.1, 0.15) is 5.56 Å². The zero-order valence-electron chi connectivity index (χ0n) is 11.6. The molecule has 1 aliphatic heterocycles. The van der Waals surface area contributed by atoms with Gasteiger partial charge in [-0.05, 0) is 32.1 Å². The third kappa shape index (κ3) is 3.61. The van der Waals surface area contributed by atoms with Gasteiger partial charge in [-0.25, -0.2) is 0 Å². The van der Waals surface area contributed by atoms with E-state index in [4.69, 9.17) is 9.47 Å². The number of nitrogens with zero attached hydrogens (tertiary/aromatic N) is 1. The van der Waals surface area contributed by atoms with Crippen LogP contribution < -0.4 is 14.8 Å². The highest BCUT2D eigenvalue weighted by atomic mass is 16.5. The van der Waals surface area contributed by atoms with Crippen molar-refractivity contribution in [1.82, 2.24) is 10.2 Å². The molecule has 0 aliphatic carbocycles. The lowest BCUT2D eigenvalue weighted by atomic mass is 10.0. The average Bonchev–Trinajstić information content (AvgIpc) is 2.37. The minimum absolute atomic E-state index is 0.0237. The average molecular weight is 264 g/mol. The maximum Gasteiger partial charge on any atom is 0.234 e. The van der Waals surface area contributed by atoms with E-state index >= 15 is 0 Å². The molecule has 1 aromatic rings. The maximum atomic E-state index is 11.7. The first kappa shape index (κ1) is 13.7. The first-order valence-electron chi connectivity index (χ1n) is 6.32. The zero-order chi connectivity index (χ0) is 13.8. The first-order valence-corrected chi connectivity index (χ1v) is 6.32. The van der Waals surface area contributed by atoms with E-state index in [1.807, 2.05) is 37.2 Å². The van der Waals surface area contributed by atoms with E-state index in [0.717, 1.165) is 23.5 Å². The first-order chi connectivity index (χ1) is 9.08. The Hall–Kier alpha value is -1.75. The van der Waals surface area contributed by atoms with Crippen LogP contribution in [-0.4, -0.2) is 51.2 Å². The number of fused-ring (bicyclic) bond motifs is 1. The summed E-state index contributed by atoms with van der Waals surface area (Å²) in [6.07, 6.45) is 0.790. The van der Waals surface area contributed by atoms with Crippen molar-refractivity contribution in [3.8, 4) is 11.5 Å².